The van der Waals surface area contributed by atoms with Gasteiger partial charge < -0.3 is 9.13 Å². The fraction of sp³-hybridized carbons (Fsp3) is 0.350. The van der Waals surface area contributed by atoms with Crippen LogP contribution in [-0.2, 0) is 9.13 Å². The molecule has 6 rings (SSSR count). The van der Waals surface area contributed by atoms with Crippen molar-refractivity contribution in [2.24, 2.45) is 0 Å². The summed E-state index contributed by atoms with van der Waals surface area (Å²) in [5, 5.41) is 0. The molecular weight excluding hydrogens is 602 g/mol. The fourth-order valence-electron chi connectivity index (χ4n) is 7.10. The Hall–Kier alpha value is -3.00. The molecule has 46 heavy (non-hydrogen) atoms. The molecule has 2 aliphatic rings. The summed E-state index contributed by atoms with van der Waals surface area (Å²) in [6.45, 7) is 8.35. The van der Waals surface area contributed by atoms with E-state index in [0.717, 1.165) is 24.0 Å². The maximum absolute atomic E-state index is 14.1. The highest BCUT2D eigenvalue weighted by Gasteiger charge is 2.49. The summed E-state index contributed by atoms with van der Waals surface area (Å²) < 4.78 is 32.0. The first kappa shape index (κ1) is 34.3. The van der Waals surface area contributed by atoms with Crippen LogP contribution in [0.3, 0.4) is 0 Å². The van der Waals surface area contributed by atoms with E-state index in [1.165, 1.54) is 33.4 Å². The van der Waals surface area contributed by atoms with Crippen molar-refractivity contribution in [1.82, 2.24) is 9.34 Å². The van der Waals surface area contributed by atoms with E-state index in [1.807, 2.05) is 37.5 Å². The SMILES string of the molecule is Cc1ccc([C@H]2C=C[C@@H](c3ccc(C)cc3)P2(=O)N(C)C)cc1.Cc1ccc([C@H]2CC[C@H](c3ccc(C)cc3)P2(=O)N(C)C)cc1. The molecular formula is C40H50N2O2P2. The minimum absolute atomic E-state index is 0.0376. The molecule has 1 saturated heterocycles. The van der Waals surface area contributed by atoms with Crippen LogP contribution >= 0.6 is 14.6 Å². The first-order chi connectivity index (χ1) is 21.8. The summed E-state index contributed by atoms with van der Waals surface area (Å²) >= 11 is 0. The lowest BCUT2D eigenvalue weighted by Crippen LogP contribution is -2.15. The van der Waals surface area contributed by atoms with Gasteiger partial charge in [-0.05, 0) is 91.0 Å². The van der Waals surface area contributed by atoms with Gasteiger partial charge in [-0.25, -0.2) is 0 Å². The van der Waals surface area contributed by atoms with Crippen molar-refractivity contribution >= 4 is 14.6 Å². The average molecular weight is 653 g/mol. The molecule has 0 amide bonds. The largest absolute Gasteiger partial charge is 0.305 e. The van der Waals surface area contributed by atoms with Crippen molar-refractivity contribution in [3.05, 3.63) is 154 Å². The molecule has 2 heterocycles. The smallest absolute Gasteiger partial charge is 0.171 e. The van der Waals surface area contributed by atoms with E-state index >= 15 is 0 Å². The van der Waals surface area contributed by atoms with Crippen molar-refractivity contribution in [3.8, 4) is 0 Å². The zero-order chi connectivity index (χ0) is 33.2. The van der Waals surface area contributed by atoms with E-state index in [-0.39, 0.29) is 22.6 Å². The van der Waals surface area contributed by atoms with Crippen LogP contribution in [0.2, 0.25) is 0 Å². The quantitative estimate of drug-likeness (QED) is 0.154. The predicted octanol–water partition coefficient (Wildman–Crippen LogP) is 11.2. The molecule has 5 atom stereocenters. The van der Waals surface area contributed by atoms with Crippen molar-refractivity contribution in [3.63, 3.8) is 0 Å². The number of hydrogen-bond donors (Lipinski definition) is 0. The van der Waals surface area contributed by atoms with Crippen molar-refractivity contribution in [2.45, 2.75) is 63.2 Å². The van der Waals surface area contributed by atoms with Gasteiger partial charge in [-0.3, -0.25) is 9.34 Å². The molecule has 0 spiro atoms. The van der Waals surface area contributed by atoms with Gasteiger partial charge in [-0.15, -0.1) is 0 Å². The van der Waals surface area contributed by atoms with Crippen LogP contribution in [-0.4, -0.2) is 37.5 Å². The van der Waals surface area contributed by atoms with E-state index in [9.17, 15) is 9.13 Å². The van der Waals surface area contributed by atoms with E-state index in [0.29, 0.717) is 0 Å². The highest BCUT2D eigenvalue weighted by atomic mass is 31.2. The van der Waals surface area contributed by atoms with Gasteiger partial charge >= 0.3 is 0 Å². The first-order valence-electron chi connectivity index (χ1n) is 16.3. The molecule has 0 radical (unpaired) electrons. The van der Waals surface area contributed by atoms with Gasteiger partial charge in [0.15, 0.2) is 14.6 Å². The van der Waals surface area contributed by atoms with Crippen molar-refractivity contribution in [1.29, 1.82) is 0 Å². The van der Waals surface area contributed by atoms with Gasteiger partial charge in [0, 0.05) is 0 Å². The van der Waals surface area contributed by atoms with E-state index in [2.05, 4.69) is 137 Å². The highest BCUT2D eigenvalue weighted by Crippen LogP contribution is 2.77. The van der Waals surface area contributed by atoms with Crippen molar-refractivity contribution < 1.29 is 9.13 Å². The third kappa shape index (κ3) is 6.69. The molecule has 1 unspecified atom stereocenters. The summed E-state index contributed by atoms with van der Waals surface area (Å²) in [6, 6.07) is 34.0. The van der Waals surface area contributed by atoms with Crippen LogP contribution in [0.15, 0.2) is 109 Å². The molecule has 4 aromatic carbocycles. The maximum atomic E-state index is 14.1. The van der Waals surface area contributed by atoms with Crippen LogP contribution in [0.4, 0.5) is 0 Å². The second-order valence-corrected chi connectivity index (χ2v) is 20.2. The standard InChI is InChI=1S/C20H26NOP.C20H24NOP/c2*1-15-5-9-17(10-6-15)19-13-14-20(23(19,22)21(3)4)18-11-7-16(2)8-12-18/h5-12,19-20H,13-14H2,1-4H3;5-14,19-20H,1-4H3/t19-,20-;19-,20+,23?/m1./s1. The predicted molar refractivity (Wildman–Crippen MR) is 197 cm³/mol. The highest BCUT2D eigenvalue weighted by molar-refractivity contribution is 7.63. The third-order valence-corrected chi connectivity index (χ3v) is 17.8. The summed E-state index contributed by atoms with van der Waals surface area (Å²) in [7, 11) is 2.73. The maximum Gasteiger partial charge on any atom is 0.171 e. The summed E-state index contributed by atoms with van der Waals surface area (Å²) in [6.07, 6.45) is 6.26. The number of nitrogens with zero attached hydrogens (tertiary/aromatic N) is 2. The van der Waals surface area contributed by atoms with E-state index < -0.39 is 14.6 Å². The molecule has 4 nitrogen and oxygen atoms in total. The molecule has 242 valence electrons. The van der Waals surface area contributed by atoms with Crippen LogP contribution in [0.1, 0.15) is 80.0 Å². The molecule has 0 saturated carbocycles. The molecule has 0 N–H and O–H groups in total. The Balaban J connectivity index is 0.000000181. The number of hydrogen-bond acceptors (Lipinski definition) is 2. The summed E-state index contributed by atoms with van der Waals surface area (Å²) in [4.78, 5) is 0. The Labute approximate surface area is 277 Å². The van der Waals surface area contributed by atoms with Gasteiger partial charge in [-0.1, -0.05) is 131 Å². The van der Waals surface area contributed by atoms with Gasteiger partial charge in [0.05, 0.1) is 22.6 Å². The third-order valence-electron chi connectivity index (χ3n) is 9.89. The van der Waals surface area contributed by atoms with Gasteiger partial charge in [0.1, 0.15) is 0 Å². The van der Waals surface area contributed by atoms with Crippen LogP contribution in [0, 0.1) is 27.7 Å². The minimum Gasteiger partial charge on any atom is -0.305 e. The monoisotopic (exact) mass is 652 g/mol. The van der Waals surface area contributed by atoms with Crippen LogP contribution in [0.25, 0.3) is 0 Å². The Kier molecular flexibility index (Phi) is 10.5. The Morgan fingerprint density at radius 2 is 0.696 bits per heavy atom. The minimum atomic E-state index is -2.61. The van der Waals surface area contributed by atoms with Crippen LogP contribution in [0.5, 0.6) is 0 Å². The second kappa shape index (κ2) is 14.0. The zero-order valence-corrected chi connectivity index (χ0v) is 30.5. The van der Waals surface area contributed by atoms with Crippen molar-refractivity contribution in [2.75, 3.05) is 28.2 Å². The topological polar surface area (TPSA) is 40.6 Å². The number of allylic oxidation sites excluding steroid dienone is 2. The molecule has 6 heteroatoms. The lowest BCUT2D eigenvalue weighted by atomic mass is 10.0. The Morgan fingerprint density at radius 3 is 0.957 bits per heavy atom. The van der Waals surface area contributed by atoms with Gasteiger partial charge in [0.25, 0.3) is 0 Å². The lowest BCUT2D eigenvalue weighted by molar-refractivity contribution is 0.502. The number of aryl methyl sites for hydroxylation is 4. The lowest BCUT2D eigenvalue weighted by Gasteiger charge is -2.32. The van der Waals surface area contributed by atoms with Crippen LogP contribution < -0.4 is 0 Å². The van der Waals surface area contributed by atoms with Gasteiger partial charge in [0.2, 0.25) is 0 Å². The van der Waals surface area contributed by atoms with E-state index in [1.54, 1.807) is 0 Å². The van der Waals surface area contributed by atoms with E-state index in [4.69, 9.17) is 0 Å². The molecule has 0 aromatic heterocycles. The van der Waals surface area contributed by atoms with Gasteiger partial charge in [-0.2, -0.15) is 0 Å². The fourth-order valence-corrected chi connectivity index (χ4v) is 14.1. The summed E-state index contributed by atoms with van der Waals surface area (Å²) in [5.41, 5.74) is 9.89. The molecule has 0 aliphatic carbocycles. The Morgan fingerprint density at radius 1 is 0.435 bits per heavy atom. The molecule has 1 fully saturated rings. The average Bonchev–Trinajstić information content (AvgIpc) is 3.58. The normalized spacial score (nSPS) is 25.1. The molecule has 0 bridgehead atoms. The first-order valence-corrected chi connectivity index (χ1v) is 19.9. The zero-order valence-electron chi connectivity index (χ0n) is 28.7. The summed E-state index contributed by atoms with van der Waals surface area (Å²) in [5.74, 6) is 0. The molecule has 4 aromatic rings. The second-order valence-electron chi connectivity index (χ2n) is 13.6. The molecule has 2 aliphatic heterocycles. The number of benzene rings is 4. The number of rotatable bonds is 6. The Bertz CT molecular complexity index is 1610.